The molecule has 5 rings (SSSR count). The minimum Gasteiger partial charge on any atom is -0.493 e. The maximum absolute atomic E-state index is 14.0. The van der Waals surface area contributed by atoms with Crippen LogP contribution in [0, 0.1) is 0 Å². The third-order valence-corrected chi connectivity index (χ3v) is 6.71. The zero-order valence-electron chi connectivity index (χ0n) is 22.2. The van der Waals surface area contributed by atoms with Gasteiger partial charge in [0.1, 0.15) is 0 Å². The molecule has 0 saturated heterocycles. The Kier molecular flexibility index (Phi) is 7.73. The van der Waals surface area contributed by atoms with E-state index >= 15 is 0 Å². The average Bonchev–Trinajstić information content (AvgIpc) is 3.00. The van der Waals surface area contributed by atoms with E-state index in [1.807, 2.05) is 91.0 Å². The number of amides is 1. The van der Waals surface area contributed by atoms with Crippen molar-refractivity contribution in [1.82, 2.24) is 10.3 Å². The number of hydrogen-bond acceptors (Lipinski definition) is 5. The Morgan fingerprint density at radius 2 is 1.38 bits per heavy atom. The van der Waals surface area contributed by atoms with E-state index < -0.39 is 0 Å². The number of ether oxygens (including phenoxy) is 3. The number of carbonyl (C=O) groups is 1. The summed E-state index contributed by atoms with van der Waals surface area (Å²) in [6, 6.07) is 33.2. The fraction of sp³-hybridized carbons (Fsp3) is 0.152. The van der Waals surface area contributed by atoms with Gasteiger partial charge in [0.15, 0.2) is 11.5 Å². The van der Waals surface area contributed by atoms with Gasteiger partial charge in [0.05, 0.1) is 44.1 Å². The summed E-state index contributed by atoms with van der Waals surface area (Å²) in [5, 5.41) is 4.07. The molecule has 1 unspecified atom stereocenters. The Hall–Kier alpha value is -4.84. The Balaban J connectivity index is 1.58. The predicted octanol–water partition coefficient (Wildman–Crippen LogP) is 6.64. The Morgan fingerprint density at radius 3 is 2.03 bits per heavy atom. The Labute approximate surface area is 228 Å². The van der Waals surface area contributed by atoms with Gasteiger partial charge in [0, 0.05) is 10.9 Å². The number of pyridine rings is 1. The Bertz CT molecular complexity index is 1560. The summed E-state index contributed by atoms with van der Waals surface area (Å²) >= 11 is 0. The second-order valence-electron chi connectivity index (χ2n) is 9.11. The summed E-state index contributed by atoms with van der Waals surface area (Å²) < 4.78 is 16.6. The molecule has 5 aromatic rings. The van der Waals surface area contributed by atoms with Crippen molar-refractivity contribution in [3.63, 3.8) is 0 Å². The van der Waals surface area contributed by atoms with E-state index in [4.69, 9.17) is 19.2 Å². The summed E-state index contributed by atoms with van der Waals surface area (Å²) in [7, 11) is 4.71. The highest BCUT2D eigenvalue weighted by Gasteiger charge is 2.21. The van der Waals surface area contributed by atoms with Crippen LogP contribution in [0.15, 0.2) is 103 Å². The molecule has 0 spiro atoms. The van der Waals surface area contributed by atoms with E-state index in [1.54, 1.807) is 21.3 Å². The molecule has 1 aromatic heterocycles. The number of benzene rings is 4. The molecule has 1 atom stereocenters. The number of nitrogens with zero attached hydrogens (tertiary/aromatic N) is 1. The number of hydrogen-bond donors (Lipinski definition) is 1. The maximum atomic E-state index is 14.0. The molecule has 0 aliphatic rings. The van der Waals surface area contributed by atoms with Crippen LogP contribution >= 0.6 is 0 Å². The molecule has 0 radical (unpaired) electrons. The van der Waals surface area contributed by atoms with Gasteiger partial charge in [-0.25, -0.2) is 4.98 Å². The molecule has 6 nitrogen and oxygen atoms in total. The summed E-state index contributed by atoms with van der Waals surface area (Å²) in [5.74, 6) is 1.35. The molecule has 39 heavy (non-hydrogen) atoms. The highest BCUT2D eigenvalue weighted by Crippen LogP contribution is 2.41. The quantitative estimate of drug-likeness (QED) is 0.237. The van der Waals surface area contributed by atoms with Gasteiger partial charge in [0.2, 0.25) is 5.75 Å². The SMILES string of the molecule is COc1cc(-c2cc(C(=O)NC(Cc3ccccc3)c3ccccc3)c3ccccc3n2)cc(OC)c1OC. The molecule has 0 saturated carbocycles. The van der Waals surface area contributed by atoms with Crippen LogP contribution in [-0.2, 0) is 6.42 Å². The molecule has 0 fully saturated rings. The molecular weight excluding hydrogens is 488 g/mol. The Morgan fingerprint density at radius 1 is 0.769 bits per heavy atom. The fourth-order valence-electron chi connectivity index (χ4n) is 4.76. The van der Waals surface area contributed by atoms with Crippen LogP contribution in [0.1, 0.15) is 27.5 Å². The summed E-state index contributed by atoms with van der Waals surface area (Å²) in [6.45, 7) is 0. The molecule has 0 bridgehead atoms. The van der Waals surface area contributed by atoms with E-state index in [-0.39, 0.29) is 11.9 Å². The second-order valence-corrected chi connectivity index (χ2v) is 9.11. The first-order valence-electron chi connectivity index (χ1n) is 12.7. The number of nitrogens with one attached hydrogen (secondary N) is 1. The van der Waals surface area contributed by atoms with Gasteiger partial charge in [-0.1, -0.05) is 78.9 Å². The van der Waals surface area contributed by atoms with Crippen molar-refractivity contribution in [3.8, 4) is 28.5 Å². The minimum atomic E-state index is -0.211. The van der Waals surface area contributed by atoms with Crippen molar-refractivity contribution in [2.45, 2.75) is 12.5 Å². The maximum Gasteiger partial charge on any atom is 0.252 e. The lowest BCUT2D eigenvalue weighted by atomic mass is 9.97. The average molecular weight is 519 g/mol. The number of rotatable bonds is 9. The van der Waals surface area contributed by atoms with E-state index in [2.05, 4.69) is 17.4 Å². The lowest BCUT2D eigenvalue weighted by Crippen LogP contribution is -2.30. The van der Waals surface area contributed by atoms with Crippen LogP contribution in [0.3, 0.4) is 0 Å². The number of fused-ring (bicyclic) bond motifs is 1. The molecule has 196 valence electrons. The van der Waals surface area contributed by atoms with Crippen molar-refractivity contribution in [2.24, 2.45) is 0 Å². The standard InChI is InChI=1S/C33H30N2O4/c1-37-30-19-24(20-31(38-2)32(30)39-3)29-21-26(25-16-10-11-17-27(25)34-29)33(36)35-28(23-14-8-5-9-15-23)18-22-12-6-4-7-13-22/h4-17,19-21,28H,18H2,1-3H3,(H,35,36). The van der Waals surface area contributed by atoms with Gasteiger partial charge in [-0.15, -0.1) is 0 Å². The van der Waals surface area contributed by atoms with E-state index in [0.29, 0.717) is 40.4 Å². The van der Waals surface area contributed by atoms with Crippen molar-refractivity contribution in [2.75, 3.05) is 21.3 Å². The van der Waals surface area contributed by atoms with Crippen molar-refractivity contribution in [3.05, 3.63) is 120 Å². The first-order valence-corrected chi connectivity index (χ1v) is 12.7. The summed E-state index contributed by atoms with van der Waals surface area (Å²) in [4.78, 5) is 18.8. The van der Waals surface area contributed by atoms with Gasteiger partial charge in [-0.3, -0.25) is 4.79 Å². The van der Waals surface area contributed by atoms with Crippen LogP contribution in [0.2, 0.25) is 0 Å². The molecule has 1 amide bonds. The lowest BCUT2D eigenvalue weighted by molar-refractivity contribution is 0.0938. The van der Waals surface area contributed by atoms with Crippen molar-refractivity contribution in [1.29, 1.82) is 0 Å². The normalized spacial score (nSPS) is 11.6. The number of methoxy groups -OCH3 is 3. The lowest BCUT2D eigenvalue weighted by Gasteiger charge is -2.21. The molecule has 6 heteroatoms. The third-order valence-electron chi connectivity index (χ3n) is 6.71. The smallest absolute Gasteiger partial charge is 0.252 e. The molecule has 0 aliphatic heterocycles. The molecule has 1 N–H and O–H groups in total. The van der Waals surface area contributed by atoms with Gasteiger partial charge in [-0.05, 0) is 41.8 Å². The van der Waals surface area contributed by atoms with Crippen molar-refractivity contribution < 1.29 is 19.0 Å². The van der Waals surface area contributed by atoms with Crippen LogP contribution in [0.25, 0.3) is 22.2 Å². The predicted molar refractivity (Wildman–Crippen MR) is 154 cm³/mol. The molecular formula is C33H30N2O4. The zero-order chi connectivity index (χ0) is 27.2. The minimum absolute atomic E-state index is 0.174. The van der Waals surface area contributed by atoms with Crippen LogP contribution < -0.4 is 19.5 Å². The van der Waals surface area contributed by atoms with Crippen LogP contribution in [0.4, 0.5) is 0 Å². The van der Waals surface area contributed by atoms with Gasteiger partial charge >= 0.3 is 0 Å². The van der Waals surface area contributed by atoms with E-state index in [1.165, 1.54) is 0 Å². The highest BCUT2D eigenvalue weighted by atomic mass is 16.5. The van der Waals surface area contributed by atoms with E-state index in [9.17, 15) is 4.79 Å². The fourth-order valence-corrected chi connectivity index (χ4v) is 4.76. The zero-order valence-corrected chi connectivity index (χ0v) is 22.2. The molecule has 4 aromatic carbocycles. The van der Waals surface area contributed by atoms with Gasteiger partial charge < -0.3 is 19.5 Å². The van der Waals surface area contributed by atoms with Crippen LogP contribution in [0.5, 0.6) is 17.2 Å². The van der Waals surface area contributed by atoms with Crippen LogP contribution in [-0.4, -0.2) is 32.2 Å². The molecule has 1 heterocycles. The molecule has 0 aliphatic carbocycles. The first kappa shape index (κ1) is 25.8. The summed E-state index contributed by atoms with van der Waals surface area (Å²) in [6.07, 6.45) is 0.666. The van der Waals surface area contributed by atoms with Gasteiger partial charge in [0.25, 0.3) is 5.91 Å². The number of para-hydroxylation sites is 1. The number of carbonyl (C=O) groups excluding carboxylic acids is 1. The van der Waals surface area contributed by atoms with Crippen molar-refractivity contribution >= 4 is 16.8 Å². The van der Waals surface area contributed by atoms with E-state index in [0.717, 1.165) is 22.1 Å². The topological polar surface area (TPSA) is 69.7 Å². The van der Waals surface area contributed by atoms with Gasteiger partial charge in [-0.2, -0.15) is 0 Å². The monoisotopic (exact) mass is 518 g/mol. The second kappa shape index (κ2) is 11.7. The first-order chi connectivity index (χ1) is 19.1. The largest absolute Gasteiger partial charge is 0.493 e. The highest BCUT2D eigenvalue weighted by molar-refractivity contribution is 6.07. The number of aromatic nitrogens is 1. The summed E-state index contributed by atoms with van der Waals surface area (Å²) in [5.41, 5.74) is 4.81. The third kappa shape index (κ3) is 5.55.